The molecule has 14 heavy (non-hydrogen) atoms. The standard InChI is InChI=1S/C13H17N/c1-9-6-12-7-11(10-2-3-10)4-5-13(12)14-8-9/h4-5,7,9-10,14H,2-3,6,8H2,1H3. The number of fused-ring (bicyclic) bond motifs is 1. The third kappa shape index (κ3) is 1.41. The lowest BCUT2D eigenvalue weighted by Gasteiger charge is -2.23. The summed E-state index contributed by atoms with van der Waals surface area (Å²) in [6, 6.07) is 7.00. The fourth-order valence-corrected chi connectivity index (χ4v) is 2.36. The van der Waals surface area contributed by atoms with Crippen molar-refractivity contribution in [3.63, 3.8) is 0 Å². The minimum Gasteiger partial charge on any atom is -0.385 e. The van der Waals surface area contributed by atoms with Crippen LogP contribution in [0, 0.1) is 5.92 Å². The minimum absolute atomic E-state index is 0.789. The summed E-state index contributed by atoms with van der Waals surface area (Å²) in [5.41, 5.74) is 4.47. The molecule has 1 heteroatoms. The lowest BCUT2D eigenvalue weighted by Crippen LogP contribution is -2.20. The van der Waals surface area contributed by atoms with Gasteiger partial charge in [-0.15, -0.1) is 0 Å². The summed E-state index contributed by atoms with van der Waals surface area (Å²) in [5.74, 6) is 1.68. The second-order valence-corrected chi connectivity index (χ2v) is 4.88. The molecule has 1 saturated carbocycles. The van der Waals surface area contributed by atoms with Crippen LogP contribution in [0.3, 0.4) is 0 Å². The highest BCUT2D eigenvalue weighted by Gasteiger charge is 2.24. The van der Waals surface area contributed by atoms with E-state index in [1.165, 1.54) is 30.5 Å². The first kappa shape index (κ1) is 8.34. The monoisotopic (exact) mass is 187 g/mol. The molecule has 0 saturated heterocycles. The van der Waals surface area contributed by atoms with Crippen LogP contribution in [0.4, 0.5) is 5.69 Å². The van der Waals surface area contributed by atoms with Gasteiger partial charge in [-0.05, 0) is 48.3 Å². The molecule has 2 aliphatic rings. The summed E-state index contributed by atoms with van der Waals surface area (Å²) >= 11 is 0. The molecule has 1 unspecified atom stereocenters. The average Bonchev–Trinajstić information content (AvgIpc) is 3.00. The van der Waals surface area contributed by atoms with Gasteiger partial charge in [-0.3, -0.25) is 0 Å². The Morgan fingerprint density at radius 1 is 1.29 bits per heavy atom. The smallest absolute Gasteiger partial charge is 0.0373 e. The first-order chi connectivity index (χ1) is 6.83. The van der Waals surface area contributed by atoms with Gasteiger partial charge in [0.2, 0.25) is 0 Å². The minimum atomic E-state index is 0.789. The number of benzene rings is 1. The topological polar surface area (TPSA) is 12.0 Å². The summed E-state index contributed by atoms with van der Waals surface area (Å²) in [5, 5.41) is 3.50. The third-order valence-corrected chi connectivity index (χ3v) is 3.39. The van der Waals surface area contributed by atoms with Gasteiger partial charge >= 0.3 is 0 Å². The summed E-state index contributed by atoms with van der Waals surface area (Å²) in [6.45, 7) is 3.45. The van der Waals surface area contributed by atoms with Gasteiger partial charge in [0.25, 0.3) is 0 Å². The van der Waals surface area contributed by atoms with Crippen molar-refractivity contribution in [1.82, 2.24) is 0 Å². The van der Waals surface area contributed by atoms with Crippen molar-refractivity contribution in [2.24, 2.45) is 5.92 Å². The highest BCUT2D eigenvalue weighted by atomic mass is 14.9. The number of anilines is 1. The van der Waals surface area contributed by atoms with E-state index in [1.807, 2.05) is 0 Å². The summed E-state index contributed by atoms with van der Waals surface area (Å²) < 4.78 is 0. The van der Waals surface area contributed by atoms with Crippen molar-refractivity contribution in [3.05, 3.63) is 29.3 Å². The molecule has 1 fully saturated rings. The molecule has 1 atom stereocenters. The van der Waals surface area contributed by atoms with Crippen molar-refractivity contribution < 1.29 is 0 Å². The van der Waals surface area contributed by atoms with Crippen molar-refractivity contribution in [3.8, 4) is 0 Å². The molecule has 0 bridgehead atoms. The van der Waals surface area contributed by atoms with Gasteiger partial charge in [0, 0.05) is 12.2 Å². The molecule has 1 aliphatic heterocycles. The Bertz CT molecular complexity index is 352. The van der Waals surface area contributed by atoms with E-state index in [0.29, 0.717) is 0 Å². The van der Waals surface area contributed by atoms with Gasteiger partial charge in [0.15, 0.2) is 0 Å². The largest absolute Gasteiger partial charge is 0.385 e. The average molecular weight is 187 g/mol. The second kappa shape index (κ2) is 3.01. The molecule has 0 radical (unpaired) electrons. The highest BCUT2D eigenvalue weighted by Crippen LogP contribution is 2.41. The van der Waals surface area contributed by atoms with Crippen molar-refractivity contribution in [1.29, 1.82) is 0 Å². The van der Waals surface area contributed by atoms with Gasteiger partial charge in [0.1, 0.15) is 0 Å². The predicted octanol–water partition coefficient (Wildman–Crippen LogP) is 3.17. The Hall–Kier alpha value is -0.980. The molecule has 0 spiro atoms. The van der Waals surface area contributed by atoms with Crippen LogP contribution in [0.2, 0.25) is 0 Å². The molecular formula is C13H17N. The lowest BCUT2D eigenvalue weighted by atomic mass is 9.93. The Balaban J connectivity index is 1.95. The van der Waals surface area contributed by atoms with Gasteiger partial charge in [0.05, 0.1) is 0 Å². The van der Waals surface area contributed by atoms with Crippen molar-refractivity contribution >= 4 is 5.69 Å². The zero-order valence-electron chi connectivity index (χ0n) is 8.72. The summed E-state index contributed by atoms with van der Waals surface area (Å²) in [6.07, 6.45) is 4.06. The molecular weight excluding hydrogens is 170 g/mol. The highest BCUT2D eigenvalue weighted by molar-refractivity contribution is 5.55. The molecule has 3 rings (SSSR count). The zero-order valence-corrected chi connectivity index (χ0v) is 8.72. The molecule has 0 amide bonds. The van der Waals surface area contributed by atoms with E-state index in [0.717, 1.165) is 18.4 Å². The van der Waals surface area contributed by atoms with Crippen LogP contribution in [-0.2, 0) is 6.42 Å². The molecule has 1 N–H and O–H groups in total. The first-order valence-electron chi connectivity index (χ1n) is 5.69. The van der Waals surface area contributed by atoms with Crippen molar-refractivity contribution in [2.45, 2.75) is 32.1 Å². The van der Waals surface area contributed by atoms with Crippen LogP contribution in [0.15, 0.2) is 18.2 Å². The predicted molar refractivity (Wildman–Crippen MR) is 59.8 cm³/mol. The Morgan fingerprint density at radius 2 is 2.14 bits per heavy atom. The number of hydrogen-bond donors (Lipinski definition) is 1. The summed E-state index contributed by atoms with van der Waals surface area (Å²) in [4.78, 5) is 0. The maximum Gasteiger partial charge on any atom is 0.0373 e. The van der Waals surface area contributed by atoms with Gasteiger partial charge in [-0.1, -0.05) is 19.1 Å². The third-order valence-electron chi connectivity index (χ3n) is 3.39. The molecule has 1 aliphatic carbocycles. The van der Waals surface area contributed by atoms with Gasteiger partial charge < -0.3 is 5.32 Å². The van der Waals surface area contributed by atoms with Crippen LogP contribution in [0.25, 0.3) is 0 Å². The molecule has 1 nitrogen and oxygen atoms in total. The zero-order chi connectivity index (χ0) is 9.54. The van der Waals surface area contributed by atoms with E-state index in [9.17, 15) is 0 Å². The number of hydrogen-bond acceptors (Lipinski definition) is 1. The molecule has 0 aromatic heterocycles. The van der Waals surface area contributed by atoms with E-state index in [-0.39, 0.29) is 0 Å². The maximum atomic E-state index is 3.50. The van der Waals surface area contributed by atoms with E-state index in [2.05, 4.69) is 30.4 Å². The van der Waals surface area contributed by atoms with Gasteiger partial charge in [-0.2, -0.15) is 0 Å². The fraction of sp³-hybridized carbons (Fsp3) is 0.538. The SMILES string of the molecule is CC1CNc2ccc(C3CC3)cc2C1. The van der Waals surface area contributed by atoms with Crippen molar-refractivity contribution in [2.75, 3.05) is 11.9 Å². The Labute approximate surface area is 85.5 Å². The van der Waals surface area contributed by atoms with E-state index in [4.69, 9.17) is 0 Å². The fourth-order valence-electron chi connectivity index (χ4n) is 2.36. The van der Waals surface area contributed by atoms with Crippen LogP contribution >= 0.6 is 0 Å². The van der Waals surface area contributed by atoms with E-state index >= 15 is 0 Å². The Morgan fingerprint density at radius 3 is 2.93 bits per heavy atom. The van der Waals surface area contributed by atoms with Gasteiger partial charge in [-0.25, -0.2) is 0 Å². The number of rotatable bonds is 1. The number of nitrogens with one attached hydrogen (secondary N) is 1. The van der Waals surface area contributed by atoms with Crippen LogP contribution in [-0.4, -0.2) is 6.54 Å². The molecule has 1 aromatic carbocycles. The first-order valence-corrected chi connectivity index (χ1v) is 5.69. The van der Waals surface area contributed by atoms with Crippen LogP contribution < -0.4 is 5.32 Å². The van der Waals surface area contributed by atoms with E-state index < -0.39 is 0 Å². The molecule has 1 heterocycles. The lowest BCUT2D eigenvalue weighted by molar-refractivity contribution is 0.594. The molecule has 1 aromatic rings. The summed E-state index contributed by atoms with van der Waals surface area (Å²) in [7, 11) is 0. The van der Waals surface area contributed by atoms with Crippen LogP contribution in [0.5, 0.6) is 0 Å². The quantitative estimate of drug-likeness (QED) is 0.712. The second-order valence-electron chi connectivity index (χ2n) is 4.88. The maximum absolute atomic E-state index is 3.50. The normalized spacial score (nSPS) is 25.4. The Kier molecular flexibility index (Phi) is 1.79. The van der Waals surface area contributed by atoms with E-state index in [1.54, 1.807) is 5.56 Å². The van der Waals surface area contributed by atoms with Crippen LogP contribution in [0.1, 0.15) is 36.8 Å². The molecule has 74 valence electrons.